The molecule has 0 aromatic carbocycles. The summed E-state index contributed by atoms with van der Waals surface area (Å²) in [5.41, 5.74) is 0.481. The van der Waals surface area contributed by atoms with Gasteiger partial charge in [-0.3, -0.25) is 0 Å². The summed E-state index contributed by atoms with van der Waals surface area (Å²) in [7, 11) is 5.26. The van der Waals surface area contributed by atoms with Crippen LogP contribution in [-0.4, -0.2) is 12.1 Å². The van der Waals surface area contributed by atoms with Gasteiger partial charge in [-0.05, 0) is 6.54 Å². The summed E-state index contributed by atoms with van der Waals surface area (Å²) in [5, 5.41) is 3.13. The first kappa shape index (κ1) is 6.82. The molecule has 2 unspecified atom stereocenters. The van der Waals surface area contributed by atoms with Gasteiger partial charge in [-0.25, -0.2) is 0 Å². The normalized spacial score (nSPS) is 10.0. The number of hydrogen-bond acceptors (Lipinski definition) is 1. The Balaban J connectivity index is 2.63. The Morgan fingerprint density at radius 1 is 1.67 bits per heavy atom. The topological polar surface area (TPSA) is 12.0 Å². The van der Waals surface area contributed by atoms with E-state index in [0.29, 0.717) is 5.52 Å². The molecule has 0 bridgehead atoms. The van der Waals surface area contributed by atoms with Gasteiger partial charge in [0.2, 0.25) is 0 Å². The summed E-state index contributed by atoms with van der Waals surface area (Å²) in [6.45, 7) is 3.12. The minimum absolute atomic E-state index is 0.481. The first-order valence-corrected chi connectivity index (χ1v) is 3.35. The van der Waals surface area contributed by atoms with Gasteiger partial charge in [0.05, 0.1) is 0 Å². The Bertz CT molecular complexity index is 30.0. The Morgan fingerprint density at radius 2 is 2.17 bits per heavy atom. The van der Waals surface area contributed by atoms with Crippen LogP contribution in [0.1, 0.15) is 6.92 Å². The standard InChI is InChI=1S/C3H11NP2/c1-2-4-3(5)6/h3-4H,2,5-6H2,1H3. The third-order valence-electron chi connectivity index (χ3n) is 0.440. The molecule has 0 heterocycles. The van der Waals surface area contributed by atoms with E-state index in [0.717, 1.165) is 6.54 Å². The molecule has 0 rings (SSSR count). The molecule has 1 nitrogen and oxygen atoms in total. The van der Waals surface area contributed by atoms with Crippen LogP contribution in [0.25, 0.3) is 0 Å². The molecule has 0 fully saturated rings. The minimum Gasteiger partial charge on any atom is -0.308 e. The van der Waals surface area contributed by atoms with E-state index in [1.54, 1.807) is 0 Å². The van der Waals surface area contributed by atoms with E-state index >= 15 is 0 Å². The maximum Gasteiger partial charge on any atom is 0.0351 e. The average Bonchev–Trinajstić information content (AvgIpc) is 1.35. The van der Waals surface area contributed by atoms with Crippen molar-refractivity contribution < 1.29 is 0 Å². The quantitative estimate of drug-likeness (QED) is 0.531. The molecule has 0 aliphatic heterocycles. The van der Waals surface area contributed by atoms with Crippen molar-refractivity contribution in [2.24, 2.45) is 0 Å². The van der Waals surface area contributed by atoms with E-state index in [-0.39, 0.29) is 0 Å². The monoisotopic (exact) mass is 123 g/mol. The maximum atomic E-state index is 3.13. The van der Waals surface area contributed by atoms with Gasteiger partial charge >= 0.3 is 0 Å². The second kappa shape index (κ2) is 3.99. The Morgan fingerprint density at radius 3 is 2.17 bits per heavy atom. The lowest BCUT2D eigenvalue weighted by atomic mass is 10.8. The predicted molar refractivity (Wildman–Crippen MR) is 36.9 cm³/mol. The van der Waals surface area contributed by atoms with Gasteiger partial charge in [0.15, 0.2) is 0 Å². The van der Waals surface area contributed by atoms with Crippen molar-refractivity contribution in [2.45, 2.75) is 12.4 Å². The maximum absolute atomic E-state index is 3.13. The molecule has 0 aromatic rings. The lowest BCUT2D eigenvalue weighted by Gasteiger charge is -2.00. The summed E-state index contributed by atoms with van der Waals surface area (Å²) in [4.78, 5) is 0. The van der Waals surface area contributed by atoms with Crippen molar-refractivity contribution in [3.8, 4) is 0 Å². The summed E-state index contributed by atoms with van der Waals surface area (Å²) < 4.78 is 0. The summed E-state index contributed by atoms with van der Waals surface area (Å²) in [6, 6.07) is 0. The number of hydrogen-bond donors (Lipinski definition) is 1. The second-order valence-corrected chi connectivity index (χ2v) is 3.29. The molecule has 0 amide bonds. The summed E-state index contributed by atoms with van der Waals surface area (Å²) in [5.74, 6) is 0. The minimum atomic E-state index is 0.481. The Kier molecular flexibility index (Phi) is 4.54. The highest BCUT2D eigenvalue weighted by atomic mass is 31.1. The van der Waals surface area contributed by atoms with Crippen LogP contribution in [0.5, 0.6) is 0 Å². The lowest BCUT2D eigenvalue weighted by Crippen LogP contribution is -2.15. The number of nitrogens with one attached hydrogen (secondary N) is 1. The van der Waals surface area contributed by atoms with Crippen molar-refractivity contribution >= 4 is 18.5 Å². The van der Waals surface area contributed by atoms with Crippen LogP contribution in [0.2, 0.25) is 0 Å². The zero-order chi connectivity index (χ0) is 4.99. The van der Waals surface area contributed by atoms with Gasteiger partial charge in [-0.2, -0.15) is 0 Å². The highest BCUT2D eigenvalue weighted by Crippen LogP contribution is 2.01. The molecule has 6 heavy (non-hydrogen) atoms. The molecule has 0 saturated heterocycles. The summed E-state index contributed by atoms with van der Waals surface area (Å²) in [6.07, 6.45) is 0. The van der Waals surface area contributed by atoms with E-state index in [1.807, 2.05) is 0 Å². The highest BCUT2D eigenvalue weighted by molar-refractivity contribution is 7.37. The van der Waals surface area contributed by atoms with Crippen molar-refractivity contribution in [1.29, 1.82) is 0 Å². The van der Waals surface area contributed by atoms with Crippen LogP contribution in [0.4, 0.5) is 0 Å². The molecule has 38 valence electrons. The third kappa shape index (κ3) is 4.82. The fraction of sp³-hybridized carbons (Fsp3) is 1.00. The van der Waals surface area contributed by atoms with E-state index < -0.39 is 0 Å². The molecule has 0 saturated carbocycles. The summed E-state index contributed by atoms with van der Waals surface area (Å²) >= 11 is 0. The van der Waals surface area contributed by atoms with Crippen molar-refractivity contribution in [1.82, 2.24) is 5.32 Å². The molecule has 0 aliphatic carbocycles. The molecule has 3 heteroatoms. The van der Waals surface area contributed by atoms with Crippen molar-refractivity contribution in [3.05, 3.63) is 0 Å². The fourth-order valence-corrected chi connectivity index (χ4v) is 0.707. The molecule has 0 radical (unpaired) electrons. The largest absolute Gasteiger partial charge is 0.308 e. The van der Waals surface area contributed by atoms with Crippen LogP contribution in [0.15, 0.2) is 0 Å². The van der Waals surface area contributed by atoms with Gasteiger partial charge in [0, 0.05) is 5.52 Å². The van der Waals surface area contributed by atoms with Crippen molar-refractivity contribution in [2.75, 3.05) is 6.54 Å². The lowest BCUT2D eigenvalue weighted by molar-refractivity contribution is 0.809. The van der Waals surface area contributed by atoms with Gasteiger partial charge in [-0.1, -0.05) is 6.92 Å². The highest BCUT2D eigenvalue weighted by Gasteiger charge is 1.82. The van der Waals surface area contributed by atoms with E-state index in [2.05, 4.69) is 30.7 Å². The molecular weight excluding hydrogens is 112 g/mol. The molecular formula is C3H11NP2. The van der Waals surface area contributed by atoms with Crippen LogP contribution in [-0.2, 0) is 0 Å². The smallest absolute Gasteiger partial charge is 0.0351 e. The van der Waals surface area contributed by atoms with Gasteiger partial charge in [0.1, 0.15) is 0 Å². The van der Waals surface area contributed by atoms with E-state index in [9.17, 15) is 0 Å². The molecule has 2 atom stereocenters. The van der Waals surface area contributed by atoms with Crippen molar-refractivity contribution in [3.63, 3.8) is 0 Å². The fourth-order valence-electron chi connectivity index (χ4n) is 0.236. The second-order valence-electron chi connectivity index (χ2n) is 1.08. The van der Waals surface area contributed by atoms with Gasteiger partial charge in [0.25, 0.3) is 0 Å². The average molecular weight is 123 g/mol. The van der Waals surface area contributed by atoms with Gasteiger partial charge in [-0.15, -0.1) is 18.5 Å². The Hall–Kier alpha value is 0.820. The third-order valence-corrected chi connectivity index (χ3v) is 0.911. The zero-order valence-corrected chi connectivity index (χ0v) is 6.25. The molecule has 0 aliphatic rings. The predicted octanol–water partition coefficient (Wildman–Crippen LogP) is 0.630. The van der Waals surface area contributed by atoms with E-state index in [1.165, 1.54) is 0 Å². The van der Waals surface area contributed by atoms with Crippen LogP contribution >= 0.6 is 18.5 Å². The van der Waals surface area contributed by atoms with Gasteiger partial charge < -0.3 is 5.32 Å². The van der Waals surface area contributed by atoms with E-state index in [4.69, 9.17) is 0 Å². The molecule has 0 aromatic heterocycles. The first-order chi connectivity index (χ1) is 2.77. The molecule has 0 spiro atoms. The van der Waals surface area contributed by atoms with Crippen LogP contribution < -0.4 is 5.32 Å². The SMILES string of the molecule is CCNC(P)P. The first-order valence-electron chi connectivity index (χ1n) is 2.02. The van der Waals surface area contributed by atoms with Crippen LogP contribution in [0, 0.1) is 0 Å². The number of rotatable bonds is 2. The zero-order valence-electron chi connectivity index (χ0n) is 3.94. The molecule has 1 N–H and O–H groups in total. The Labute approximate surface area is 43.7 Å². The van der Waals surface area contributed by atoms with Crippen LogP contribution in [0.3, 0.4) is 0 Å².